The molecule has 0 fully saturated rings. The number of methoxy groups -OCH3 is 1. The van der Waals surface area contributed by atoms with Crippen LogP contribution in [0.15, 0.2) is 0 Å². The molecule has 0 saturated heterocycles. The lowest BCUT2D eigenvalue weighted by molar-refractivity contribution is -0.137. The molecular formula is C6H14ClNO3. The molecule has 0 aliphatic heterocycles. The summed E-state index contributed by atoms with van der Waals surface area (Å²) in [7, 11) is 1.53. The van der Waals surface area contributed by atoms with Gasteiger partial charge in [-0.25, -0.2) is 0 Å². The molecule has 0 rings (SSSR count). The van der Waals surface area contributed by atoms with Crippen LogP contribution in [0.3, 0.4) is 0 Å². The van der Waals surface area contributed by atoms with Gasteiger partial charge in [-0.15, -0.1) is 12.4 Å². The van der Waals surface area contributed by atoms with E-state index in [4.69, 9.17) is 15.6 Å². The number of carboxylic acid groups (broad SMARTS) is 1. The van der Waals surface area contributed by atoms with Gasteiger partial charge < -0.3 is 15.6 Å². The van der Waals surface area contributed by atoms with Gasteiger partial charge in [0.1, 0.15) is 0 Å². The Balaban J connectivity index is 0. The molecular weight excluding hydrogens is 170 g/mol. The van der Waals surface area contributed by atoms with Crippen LogP contribution < -0.4 is 5.73 Å². The number of hydrogen-bond acceptors (Lipinski definition) is 3. The monoisotopic (exact) mass is 183 g/mol. The van der Waals surface area contributed by atoms with Gasteiger partial charge in [0, 0.05) is 20.1 Å². The smallest absolute Gasteiger partial charge is 0.303 e. The van der Waals surface area contributed by atoms with Gasteiger partial charge in [0.2, 0.25) is 0 Å². The highest BCUT2D eigenvalue weighted by atomic mass is 35.5. The first-order chi connectivity index (χ1) is 4.70. The van der Waals surface area contributed by atoms with Gasteiger partial charge in [-0.3, -0.25) is 4.79 Å². The fraction of sp³-hybridized carbons (Fsp3) is 0.833. The largest absolute Gasteiger partial charge is 0.481 e. The van der Waals surface area contributed by atoms with Crippen molar-refractivity contribution in [1.29, 1.82) is 0 Å². The van der Waals surface area contributed by atoms with E-state index in [0.717, 1.165) is 0 Å². The zero-order valence-electron chi connectivity index (χ0n) is 6.45. The fourth-order valence-corrected chi connectivity index (χ4v) is 0.616. The summed E-state index contributed by atoms with van der Waals surface area (Å²) in [5.74, 6) is -0.810. The molecule has 1 atom stereocenters. The van der Waals surface area contributed by atoms with E-state index in [9.17, 15) is 4.79 Å². The SMILES string of the molecule is COC(CN)CCC(=O)O.Cl. The first-order valence-corrected chi connectivity index (χ1v) is 3.15. The van der Waals surface area contributed by atoms with Gasteiger partial charge in [-0.05, 0) is 6.42 Å². The Morgan fingerprint density at radius 2 is 2.27 bits per heavy atom. The van der Waals surface area contributed by atoms with Crippen molar-refractivity contribution in [1.82, 2.24) is 0 Å². The van der Waals surface area contributed by atoms with E-state index in [2.05, 4.69) is 0 Å². The number of nitrogens with two attached hydrogens (primary N) is 1. The molecule has 0 aromatic rings. The van der Waals surface area contributed by atoms with Crippen LogP contribution in [0.25, 0.3) is 0 Å². The Kier molecular flexibility index (Phi) is 9.40. The van der Waals surface area contributed by atoms with Crippen LogP contribution in [0.5, 0.6) is 0 Å². The van der Waals surface area contributed by atoms with E-state index >= 15 is 0 Å². The Labute approximate surface area is 72.1 Å². The zero-order valence-corrected chi connectivity index (χ0v) is 7.26. The standard InChI is InChI=1S/C6H13NO3.ClH/c1-10-5(4-7)2-3-6(8)9;/h5H,2-4,7H2,1H3,(H,8,9);1H. The summed E-state index contributed by atoms with van der Waals surface area (Å²) in [5, 5.41) is 8.26. The minimum Gasteiger partial charge on any atom is -0.481 e. The highest BCUT2D eigenvalue weighted by Crippen LogP contribution is 1.98. The molecule has 0 radical (unpaired) electrons. The predicted molar refractivity (Wildman–Crippen MR) is 44.0 cm³/mol. The molecule has 11 heavy (non-hydrogen) atoms. The van der Waals surface area contributed by atoms with Crippen LogP contribution in [-0.4, -0.2) is 30.8 Å². The van der Waals surface area contributed by atoms with Crippen molar-refractivity contribution in [3.05, 3.63) is 0 Å². The molecule has 3 N–H and O–H groups in total. The van der Waals surface area contributed by atoms with Gasteiger partial charge in [-0.2, -0.15) is 0 Å². The van der Waals surface area contributed by atoms with Gasteiger partial charge >= 0.3 is 5.97 Å². The number of hydrogen-bond donors (Lipinski definition) is 2. The molecule has 0 heterocycles. The van der Waals surface area contributed by atoms with Gasteiger partial charge in [0.25, 0.3) is 0 Å². The Morgan fingerprint density at radius 3 is 2.55 bits per heavy atom. The third-order valence-corrected chi connectivity index (χ3v) is 1.28. The van der Waals surface area contributed by atoms with E-state index in [-0.39, 0.29) is 24.9 Å². The third-order valence-electron chi connectivity index (χ3n) is 1.28. The molecule has 68 valence electrons. The van der Waals surface area contributed by atoms with Gasteiger partial charge in [0.05, 0.1) is 6.10 Å². The molecule has 4 nitrogen and oxygen atoms in total. The maximum Gasteiger partial charge on any atom is 0.303 e. The summed E-state index contributed by atoms with van der Waals surface area (Å²) >= 11 is 0. The second-order valence-corrected chi connectivity index (χ2v) is 2.03. The van der Waals surface area contributed by atoms with Gasteiger partial charge in [0.15, 0.2) is 0 Å². The average molecular weight is 184 g/mol. The van der Waals surface area contributed by atoms with E-state index in [0.29, 0.717) is 13.0 Å². The molecule has 5 heteroatoms. The lowest BCUT2D eigenvalue weighted by Gasteiger charge is -2.09. The highest BCUT2D eigenvalue weighted by Gasteiger charge is 2.06. The van der Waals surface area contributed by atoms with Crippen molar-refractivity contribution in [2.75, 3.05) is 13.7 Å². The summed E-state index contributed by atoms with van der Waals surface area (Å²) in [5.41, 5.74) is 5.25. The second kappa shape index (κ2) is 7.78. The highest BCUT2D eigenvalue weighted by molar-refractivity contribution is 5.85. The van der Waals surface area contributed by atoms with E-state index in [1.807, 2.05) is 0 Å². The summed E-state index contributed by atoms with van der Waals surface area (Å²) in [6.45, 7) is 0.379. The molecule has 0 aliphatic carbocycles. The molecule has 0 bridgehead atoms. The fourth-order valence-electron chi connectivity index (χ4n) is 0.616. The molecule has 0 aromatic heterocycles. The van der Waals surface area contributed by atoms with Crippen LogP contribution in [0.2, 0.25) is 0 Å². The van der Waals surface area contributed by atoms with Crippen molar-refractivity contribution in [3.63, 3.8) is 0 Å². The number of halogens is 1. The van der Waals surface area contributed by atoms with Crippen molar-refractivity contribution in [3.8, 4) is 0 Å². The third kappa shape index (κ3) is 7.58. The summed E-state index contributed by atoms with van der Waals surface area (Å²) in [4.78, 5) is 10.0. The maximum atomic E-state index is 10.0. The number of carbonyl (C=O) groups is 1. The Bertz CT molecular complexity index is 106. The molecule has 0 saturated carbocycles. The van der Waals surface area contributed by atoms with Crippen molar-refractivity contribution < 1.29 is 14.6 Å². The average Bonchev–Trinajstić information content (AvgIpc) is 1.90. The van der Waals surface area contributed by atoms with Crippen LogP contribution in [-0.2, 0) is 9.53 Å². The van der Waals surface area contributed by atoms with E-state index < -0.39 is 5.97 Å². The van der Waals surface area contributed by atoms with E-state index in [1.165, 1.54) is 7.11 Å². The lowest BCUT2D eigenvalue weighted by atomic mass is 10.2. The molecule has 1 unspecified atom stereocenters. The molecule has 0 aliphatic rings. The van der Waals surface area contributed by atoms with Crippen LogP contribution >= 0.6 is 12.4 Å². The number of carboxylic acids is 1. The lowest BCUT2D eigenvalue weighted by Crippen LogP contribution is -2.23. The Hall–Kier alpha value is -0.320. The van der Waals surface area contributed by atoms with Crippen LogP contribution in [0.4, 0.5) is 0 Å². The minimum atomic E-state index is -0.810. The normalized spacial score (nSPS) is 11.8. The molecule has 0 aromatic carbocycles. The minimum absolute atomic E-state index is 0. The Morgan fingerprint density at radius 1 is 1.73 bits per heavy atom. The second-order valence-electron chi connectivity index (χ2n) is 2.03. The quantitative estimate of drug-likeness (QED) is 0.641. The molecule has 0 spiro atoms. The first-order valence-electron chi connectivity index (χ1n) is 3.15. The predicted octanol–water partition coefficient (Wildman–Crippen LogP) is 0.247. The summed E-state index contributed by atoms with van der Waals surface area (Å²) < 4.78 is 4.86. The van der Waals surface area contributed by atoms with E-state index in [1.54, 1.807) is 0 Å². The number of aliphatic carboxylic acids is 1. The van der Waals surface area contributed by atoms with Crippen LogP contribution in [0, 0.1) is 0 Å². The topological polar surface area (TPSA) is 72.5 Å². The van der Waals surface area contributed by atoms with Crippen LogP contribution in [0.1, 0.15) is 12.8 Å². The summed E-state index contributed by atoms with van der Waals surface area (Å²) in [6, 6.07) is 0. The van der Waals surface area contributed by atoms with Gasteiger partial charge in [-0.1, -0.05) is 0 Å². The summed E-state index contributed by atoms with van der Waals surface area (Å²) in [6.07, 6.45) is 0.494. The first kappa shape index (κ1) is 13.3. The maximum absolute atomic E-state index is 10.0. The van der Waals surface area contributed by atoms with Crippen molar-refractivity contribution in [2.24, 2.45) is 5.73 Å². The number of ether oxygens (including phenoxy) is 1. The zero-order chi connectivity index (χ0) is 7.98. The van der Waals surface area contributed by atoms with Crippen molar-refractivity contribution in [2.45, 2.75) is 18.9 Å². The molecule has 0 amide bonds. The van der Waals surface area contributed by atoms with Crippen molar-refractivity contribution >= 4 is 18.4 Å². The number of rotatable bonds is 5.